The van der Waals surface area contributed by atoms with E-state index in [1.54, 1.807) is 12.1 Å². The number of carboxylic acid groups (broad SMARTS) is 1. The van der Waals surface area contributed by atoms with E-state index in [1.165, 1.54) is 29.5 Å². The van der Waals surface area contributed by atoms with Crippen LogP contribution in [0.25, 0.3) is 0 Å². The molecule has 3 heteroatoms. The fraction of sp³-hybridized carbons (Fsp3) is 0.458. The Hall–Kier alpha value is -2.29. The topological polar surface area (TPSA) is 46.5 Å². The Morgan fingerprint density at radius 2 is 1.56 bits per heavy atom. The predicted molar refractivity (Wildman–Crippen MR) is 109 cm³/mol. The number of benzene rings is 2. The second-order valence-electron chi connectivity index (χ2n) is 8.89. The maximum absolute atomic E-state index is 11.1. The van der Waals surface area contributed by atoms with Gasteiger partial charge in [-0.25, -0.2) is 4.79 Å². The maximum atomic E-state index is 11.1. The summed E-state index contributed by atoms with van der Waals surface area (Å²) in [6.45, 7) is 11.9. The monoisotopic (exact) mass is 366 g/mol. The van der Waals surface area contributed by atoms with E-state index < -0.39 is 5.97 Å². The number of rotatable bonds is 5. The average molecular weight is 367 g/mol. The van der Waals surface area contributed by atoms with Crippen molar-refractivity contribution in [2.24, 2.45) is 0 Å². The molecule has 0 saturated carbocycles. The lowest BCUT2D eigenvalue weighted by Gasteiger charge is -2.42. The standard InChI is InChI=1S/C24H30O3/c1-6-27-21-15-20-19(23(2,3)11-12-24(20,4)5)14-18(21)13-16-7-9-17(10-8-16)22(25)26/h7-10,14-15H,6,11-13H2,1-5H3,(H,25,26). The van der Waals surface area contributed by atoms with Gasteiger partial charge in [0.1, 0.15) is 5.75 Å². The number of hydrogen-bond donors (Lipinski definition) is 1. The highest BCUT2D eigenvalue weighted by molar-refractivity contribution is 5.87. The molecule has 0 radical (unpaired) electrons. The Kier molecular flexibility index (Phi) is 5.07. The molecule has 0 aromatic heterocycles. The van der Waals surface area contributed by atoms with Gasteiger partial charge in [0.05, 0.1) is 12.2 Å². The first-order valence-corrected chi connectivity index (χ1v) is 9.77. The van der Waals surface area contributed by atoms with Gasteiger partial charge in [0, 0.05) is 6.42 Å². The largest absolute Gasteiger partial charge is 0.494 e. The van der Waals surface area contributed by atoms with Crippen LogP contribution in [0.1, 0.15) is 80.1 Å². The summed E-state index contributed by atoms with van der Waals surface area (Å²) in [4.78, 5) is 11.1. The summed E-state index contributed by atoms with van der Waals surface area (Å²) < 4.78 is 6.00. The molecule has 2 aromatic carbocycles. The molecule has 3 nitrogen and oxygen atoms in total. The number of carboxylic acids is 1. The fourth-order valence-corrected chi connectivity index (χ4v) is 4.05. The number of fused-ring (bicyclic) bond motifs is 1. The first-order valence-electron chi connectivity index (χ1n) is 9.77. The van der Waals surface area contributed by atoms with Crippen LogP contribution < -0.4 is 4.74 Å². The molecule has 1 aliphatic carbocycles. The zero-order chi connectivity index (χ0) is 19.8. The van der Waals surface area contributed by atoms with Crippen molar-refractivity contribution in [3.63, 3.8) is 0 Å². The maximum Gasteiger partial charge on any atom is 0.335 e. The molecule has 0 atom stereocenters. The van der Waals surface area contributed by atoms with Gasteiger partial charge in [0.25, 0.3) is 0 Å². The lowest BCUT2D eigenvalue weighted by Crippen LogP contribution is -2.34. The van der Waals surface area contributed by atoms with E-state index in [1.807, 2.05) is 19.1 Å². The lowest BCUT2D eigenvalue weighted by molar-refractivity contribution is 0.0697. The molecule has 0 fully saturated rings. The van der Waals surface area contributed by atoms with Crippen LogP contribution in [-0.2, 0) is 17.3 Å². The van der Waals surface area contributed by atoms with E-state index in [4.69, 9.17) is 9.84 Å². The van der Waals surface area contributed by atoms with Gasteiger partial charge in [-0.1, -0.05) is 45.9 Å². The van der Waals surface area contributed by atoms with E-state index in [-0.39, 0.29) is 10.8 Å². The van der Waals surface area contributed by atoms with Gasteiger partial charge in [-0.3, -0.25) is 0 Å². The third kappa shape index (κ3) is 3.87. The van der Waals surface area contributed by atoms with Gasteiger partial charge >= 0.3 is 5.97 Å². The third-order valence-corrected chi connectivity index (χ3v) is 5.93. The van der Waals surface area contributed by atoms with E-state index in [2.05, 4.69) is 39.8 Å². The van der Waals surface area contributed by atoms with Gasteiger partial charge in [0.15, 0.2) is 0 Å². The normalized spacial score (nSPS) is 17.2. The van der Waals surface area contributed by atoms with Crippen LogP contribution in [0.5, 0.6) is 5.75 Å². The summed E-state index contributed by atoms with van der Waals surface area (Å²) in [7, 11) is 0. The van der Waals surface area contributed by atoms with Crippen molar-refractivity contribution in [2.45, 2.75) is 64.7 Å². The molecule has 0 unspecified atom stereocenters. The molecular formula is C24H30O3. The molecule has 0 spiro atoms. The summed E-state index contributed by atoms with van der Waals surface area (Å²) >= 11 is 0. The van der Waals surface area contributed by atoms with Crippen LogP contribution in [0.2, 0.25) is 0 Å². The quantitative estimate of drug-likeness (QED) is 0.736. The minimum Gasteiger partial charge on any atom is -0.494 e. The van der Waals surface area contributed by atoms with Gasteiger partial charge < -0.3 is 9.84 Å². The summed E-state index contributed by atoms with van der Waals surface area (Å²) in [6.07, 6.45) is 3.08. The van der Waals surface area contributed by atoms with Crippen LogP contribution in [0, 0.1) is 0 Å². The Labute approximate surface area is 162 Å². The third-order valence-electron chi connectivity index (χ3n) is 5.93. The minimum absolute atomic E-state index is 0.150. The van der Waals surface area contributed by atoms with Gasteiger partial charge in [0.2, 0.25) is 0 Å². The second kappa shape index (κ2) is 7.03. The van der Waals surface area contributed by atoms with E-state index in [9.17, 15) is 4.79 Å². The number of ether oxygens (including phenoxy) is 1. The molecule has 0 saturated heterocycles. The Morgan fingerprint density at radius 3 is 2.07 bits per heavy atom. The minimum atomic E-state index is -0.894. The van der Waals surface area contributed by atoms with E-state index in [0.717, 1.165) is 17.7 Å². The highest BCUT2D eigenvalue weighted by Gasteiger charge is 2.37. The fourth-order valence-electron chi connectivity index (χ4n) is 4.05. The first-order chi connectivity index (χ1) is 12.6. The molecule has 0 bridgehead atoms. The van der Waals surface area contributed by atoms with Crippen LogP contribution in [0.15, 0.2) is 36.4 Å². The molecule has 1 aliphatic rings. The zero-order valence-corrected chi connectivity index (χ0v) is 17.1. The van der Waals surface area contributed by atoms with Crippen molar-refractivity contribution in [2.75, 3.05) is 6.61 Å². The van der Waals surface area contributed by atoms with Crippen molar-refractivity contribution in [3.05, 3.63) is 64.2 Å². The van der Waals surface area contributed by atoms with Crippen molar-refractivity contribution >= 4 is 5.97 Å². The molecule has 0 heterocycles. The zero-order valence-electron chi connectivity index (χ0n) is 17.1. The first kappa shape index (κ1) is 19.5. The van der Waals surface area contributed by atoms with Gasteiger partial charge in [-0.2, -0.15) is 0 Å². The molecule has 144 valence electrons. The lowest BCUT2D eigenvalue weighted by atomic mass is 9.63. The average Bonchev–Trinajstić information content (AvgIpc) is 2.61. The molecule has 2 aromatic rings. The summed E-state index contributed by atoms with van der Waals surface area (Å²) in [5.74, 6) is 0.0543. The van der Waals surface area contributed by atoms with E-state index in [0.29, 0.717) is 12.2 Å². The highest BCUT2D eigenvalue weighted by Crippen LogP contribution is 2.47. The number of hydrogen-bond acceptors (Lipinski definition) is 2. The van der Waals surface area contributed by atoms with Crippen molar-refractivity contribution in [1.29, 1.82) is 0 Å². The Morgan fingerprint density at radius 1 is 1.00 bits per heavy atom. The van der Waals surface area contributed by atoms with Crippen LogP contribution >= 0.6 is 0 Å². The Balaban J connectivity index is 2.05. The molecule has 0 amide bonds. The summed E-state index contributed by atoms with van der Waals surface area (Å²) in [5, 5.41) is 9.10. The summed E-state index contributed by atoms with van der Waals surface area (Å²) in [6, 6.07) is 11.7. The second-order valence-corrected chi connectivity index (χ2v) is 8.89. The van der Waals surface area contributed by atoms with Crippen LogP contribution in [0.4, 0.5) is 0 Å². The van der Waals surface area contributed by atoms with Gasteiger partial charge in [-0.05, 0) is 71.0 Å². The smallest absolute Gasteiger partial charge is 0.335 e. The van der Waals surface area contributed by atoms with Crippen LogP contribution in [-0.4, -0.2) is 17.7 Å². The highest BCUT2D eigenvalue weighted by atomic mass is 16.5. The number of carbonyl (C=O) groups is 1. The van der Waals surface area contributed by atoms with Crippen molar-refractivity contribution < 1.29 is 14.6 Å². The SMILES string of the molecule is CCOc1cc2c(cc1Cc1ccc(C(=O)O)cc1)C(C)(C)CCC2(C)C. The molecule has 0 aliphatic heterocycles. The number of aromatic carboxylic acids is 1. The predicted octanol–water partition coefficient (Wildman–Crippen LogP) is 5.72. The van der Waals surface area contributed by atoms with Crippen LogP contribution in [0.3, 0.4) is 0 Å². The molecule has 3 rings (SSSR count). The molecular weight excluding hydrogens is 336 g/mol. The summed E-state index contributed by atoms with van der Waals surface area (Å²) in [5.41, 5.74) is 5.69. The van der Waals surface area contributed by atoms with Crippen molar-refractivity contribution in [1.82, 2.24) is 0 Å². The molecule has 27 heavy (non-hydrogen) atoms. The molecule has 1 N–H and O–H groups in total. The Bertz CT molecular complexity index is 845. The van der Waals surface area contributed by atoms with Crippen molar-refractivity contribution in [3.8, 4) is 5.75 Å². The van der Waals surface area contributed by atoms with E-state index >= 15 is 0 Å². The van der Waals surface area contributed by atoms with Gasteiger partial charge in [-0.15, -0.1) is 0 Å².